The smallest absolute Gasteiger partial charge is 0.485 e. The van der Waals surface area contributed by atoms with Gasteiger partial charge < -0.3 is 9.29 Å². The minimum atomic E-state index is -6.09. The summed E-state index contributed by atoms with van der Waals surface area (Å²) in [5.74, 6) is 3.41. The van der Waals surface area contributed by atoms with Gasteiger partial charge in [-0.3, -0.25) is 0 Å². The summed E-state index contributed by atoms with van der Waals surface area (Å²) in [6.45, 7) is 4.64. The Morgan fingerprint density at radius 2 is 1.96 bits per heavy atom. The summed E-state index contributed by atoms with van der Waals surface area (Å²) >= 11 is 5.23. The lowest BCUT2D eigenvalue weighted by Crippen LogP contribution is -2.50. The Bertz CT molecular complexity index is 1000. The monoisotopic (exact) mass is 434 g/mol. The first-order valence-electron chi connectivity index (χ1n) is 7.74. The summed E-state index contributed by atoms with van der Waals surface area (Å²) in [6, 6.07) is 10.1. The highest BCUT2D eigenvalue weighted by Gasteiger charge is 2.36. The molecule has 2 rings (SSSR count). The van der Waals surface area contributed by atoms with E-state index in [1.807, 2.05) is 42.8 Å². The first kappa shape index (κ1) is 23.6. The minimum absolute atomic E-state index is 0.426. The Hall–Kier alpha value is -2.42. The number of fused-ring (bicyclic) bond motifs is 1. The molecule has 0 radical (unpaired) electrons. The quantitative estimate of drug-likeness (QED) is 0.262. The van der Waals surface area contributed by atoms with Crippen LogP contribution in [-0.2, 0) is 10.1 Å². The molecule has 0 aliphatic rings. The number of benzene rings is 1. The van der Waals surface area contributed by atoms with Crippen LogP contribution in [0.25, 0.3) is 10.9 Å². The number of nitrogens with zero attached hydrogens (tertiary/aromatic N) is 1. The van der Waals surface area contributed by atoms with Crippen LogP contribution >= 0.6 is 12.2 Å². The third kappa shape index (κ3) is 6.63. The van der Waals surface area contributed by atoms with Crippen molar-refractivity contribution >= 4 is 38.2 Å². The van der Waals surface area contributed by atoms with Gasteiger partial charge in [-0.05, 0) is 25.1 Å². The molecule has 0 atom stereocenters. The van der Waals surface area contributed by atoms with Crippen LogP contribution in [0.3, 0.4) is 0 Å². The van der Waals surface area contributed by atoms with Crippen molar-refractivity contribution in [3.8, 4) is 18.1 Å². The van der Waals surface area contributed by atoms with Crippen molar-refractivity contribution in [2.24, 2.45) is 0 Å². The molecular weight excluding hydrogens is 417 g/mol. The fourth-order valence-corrected chi connectivity index (χ4v) is 2.18. The Kier molecular flexibility index (Phi) is 8.16. The van der Waals surface area contributed by atoms with Gasteiger partial charge >= 0.3 is 5.51 Å². The number of terminal acetylenes is 1. The average molecular weight is 434 g/mol. The van der Waals surface area contributed by atoms with E-state index in [0.29, 0.717) is 18.0 Å². The zero-order valence-corrected chi connectivity index (χ0v) is 16.5. The summed E-state index contributed by atoms with van der Waals surface area (Å²) in [4.78, 5) is 0.627. The van der Waals surface area contributed by atoms with Crippen molar-refractivity contribution in [2.75, 3.05) is 12.0 Å². The second kappa shape index (κ2) is 9.68. The van der Waals surface area contributed by atoms with Gasteiger partial charge in [-0.25, -0.2) is 8.42 Å². The molecule has 152 valence electrons. The van der Waals surface area contributed by atoms with Crippen molar-refractivity contribution in [1.82, 2.24) is 0 Å². The zero-order chi connectivity index (χ0) is 21.5. The van der Waals surface area contributed by atoms with Gasteiger partial charge in [0.05, 0.1) is 18.4 Å². The maximum absolute atomic E-state index is 10.7. The summed E-state index contributed by atoms with van der Waals surface area (Å²) in [5, 5.41) is 1.08. The van der Waals surface area contributed by atoms with E-state index in [9.17, 15) is 13.2 Å². The van der Waals surface area contributed by atoms with Crippen molar-refractivity contribution in [1.29, 1.82) is 0 Å². The van der Waals surface area contributed by atoms with E-state index < -0.39 is 15.6 Å². The molecule has 0 spiro atoms. The number of pyridine rings is 1. The van der Waals surface area contributed by atoms with Gasteiger partial charge in [0.1, 0.15) is 10.7 Å². The van der Waals surface area contributed by atoms with Gasteiger partial charge in [0.2, 0.25) is 11.2 Å². The van der Waals surface area contributed by atoms with Crippen LogP contribution in [0.4, 0.5) is 13.2 Å². The standard InChI is InChI=1S/C16H16N2OS.CHF3O3S/c1-4-6-16(20)17-18-12(3)7-8-13-11-14(19-5-2)9-10-15(13)18;2-1(3,4)8(5,6)7/h1,7-11H,5-6H2,2-3H3;(H,5,6,7). The van der Waals surface area contributed by atoms with Crippen LogP contribution in [0, 0.1) is 19.3 Å². The molecular formula is C17H17F3N2O4S2. The van der Waals surface area contributed by atoms with Crippen molar-refractivity contribution in [3.63, 3.8) is 0 Å². The van der Waals surface area contributed by atoms with Gasteiger partial charge in [-0.1, -0.05) is 22.8 Å². The van der Waals surface area contributed by atoms with Crippen LogP contribution in [0.5, 0.6) is 5.75 Å². The van der Waals surface area contributed by atoms with E-state index in [2.05, 4.69) is 17.4 Å². The lowest BCUT2D eigenvalue weighted by Gasteiger charge is -2.08. The Balaban J connectivity index is 0.000000416. The third-order valence-electron chi connectivity index (χ3n) is 3.19. The number of ether oxygens (including phenoxy) is 1. The van der Waals surface area contributed by atoms with Gasteiger partial charge in [0.15, 0.2) is 10.1 Å². The van der Waals surface area contributed by atoms with E-state index in [0.717, 1.165) is 22.3 Å². The van der Waals surface area contributed by atoms with Crippen molar-refractivity contribution in [2.45, 2.75) is 25.8 Å². The first-order chi connectivity index (χ1) is 12.9. The Morgan fingerprint density at radius 3 is 2.46 bits per heavy atom. The van der Waals surface area contributed by atoms with Crippen molar-refractivity contribution < 1.29 is 35.6 Å². The normalized spacial score (nSPS) is 11.2. The zero-order valence-electron chi connectivity index (χ0n) is 14.9. The van der Waals surface area contributed by atoms with Crippen molar-refractivity contribution in [3.05, 3.63) is 36.0 Å². The number of rotatable bonds is 4. The minimum Gasteiger partial charge on any atom is -0.741 e. The topological polar surface area (TPSA) is 82.3 Å². The molecule has 0 aliphatic heterocycles. The molecule has 1 aromatic carbocycles. The molecule has 1 N–H and O–H groups in total. The molecule has 0 amide bonds. The molecule has 28 heavy (non-hydrogen) atoms. The molecule has 0 unspecified atom stereocenters. The molecule has 11 heteroatoms. The SMILES string of the molecule is C#CCC(=S)N[n+]1c(C)ccc2cc(OCC)ccc21.O=S(=O)([O-])C(F)(F)F. The number of halogens is 3. The molecule has 0 bridgehead atoms. The van der Waals surface area contributed by atoms with E-state index in [4.69, 9.17) is 36.3 Å². The molecule has 0 saturated heterocycles. The number of aromatic nitrogens is 1. The predicted molar refractivity (Wildman–Crippen MR) is 101 cm³/mol. The maximum Gasteiger partial charge on any atom is 0.485 e. The summed E-state index contributed by atoms with van der Waals surface area (Å²) < 4.78 is 66.4. The maximum atomic E-state index is 10.7. The fraction of sp³-hybridized carbons (Fsp3) is 0.294. The Morgan fingerprint density at radius 1 is 1.36 bits per heavy atom. The van der Waals surface area contributed by atoms with Crippen LogP contribution < -0.4 is 14.8 Å². The Labute approximate surface area is 166 Å². The highest BCUT2D eigenvalue weighted by molar-refractivity contribution is 7.86. The van der Waals surface area contributed by atoms with E-state index in [1.54, 1.807) is 0 Å². The lowest BCUT2D eigenvalue weighted by molar-refractivity contribution is -0.619. The van der Waals surface area contributed by atoms with Gasteiger partial charge in [0, 0.05) is 19.1 Å². The fourth-order valence-electron chi connectivity index (χ4n) is 2.01. The van der Waals surface area contributed by atoms with Crippen LogP contribution in [0.1, 0.15) is 19.0 Å². The lowest BCUT2D eigenvalue weighted by atomic mass is 10.2. The number of nitrogens with one attached hydrogen (secondary N) is 1. The number of hydrogen-bond acceptors (Lipinski definition) is 5. The number of thiocarbonyl (C=S) groups is 1. The molecule has 6 nitrogen and oxygen atoms in total. The van der Waals surface area contributed by atoms with Gasteiger partial charge in [-0.2, -0.15) is 18.6 Å². The molecule has 0 aliphatic carbocycles. The second-order valence-electron chi connectivity index (χ2n) is 5.28. The van der Waals surface area contributed by atoms with Crippen LogP contribution in [0.15, 0.2) is 30.3 Å². The second-order valence-corrected chi connectivity index (χ2v) is 7.14. The summed E-state index contributed by atoms with van der Waals surface area (Å²) in [5.41, 5.74) is -0.384. The van der Waals surface area contributed by atoms with Gasteiger partial charge in [-0.15, -0.1) is 6.42 Å². The molecule has 2 aromatic rings. The molecule has 1 heterocycles. The van der Waals surface area contributed by atoms with E-state index in [-0.39, 0.29) is 0 Å². The van der Waals surface area contributed by atoms with E-state index in [1.165, 1.54) is 0 Å². The summed E-state index contributed by atoms with van der Waals surface area (Å²) in [6.07, 6.45) is 5.71. The third-order valence-corrected chi connectivity index (χ3v) is 3.99. The summed E-state index contributed by atoms with van der Waals surface area (Å²) in [7, 11) is -6.09. The number of alkyl halides is 3. The first-order valence-corrected chi connectivity index (χ1v) is 9.56. The number of hydrogen-bond donors (Lipinski definition) is 1. The predicted octanol–water partition coefficient (Wildman–Crippen LogP) is 2.78. The largest absolute Gasteiger partial charge is 0.741 e. The molecule has 1 aromatic heterocycles. The average Bonchev–Trinajstić information content (AvgIpc) is 2.57. The van der Waals surface area contributed by atoms with Crippen LogP contribution in [0.2, 0.25) is 0 Å². The highest BCUT2D eigenvalue weighted by atomic mass is 32.2. The highest BCUT2D eigenvalue weighted by Crippen LogP contribution is 2.20. The van der Waals surface area contributed by atoms with E-state index >= 15 is 0 Å². The molecule has 0 fully saturated rings. The van der Waals surface area contributed by atoms with Crippen LogP contribution in [-0.4, -0.2) is 30.1 Å². The molecule has 0 saturated carbocycles. The number of aryl methyl sites for hydroxylation is 1. The van der Waals surface area contributed by atoms with Gasteiger partial charge in [0.25, 0.3) is 0 Å².